The number of urea groups is 1. The Hall–Kier alpha value is -1.08. The molecule has 4 N–H and O–H groups in total. The van der Waals surface area contributed by atoms with Gasteiger partial charge in [-0.2, -0.15) is 0 Å². The molecule has 0 radical (unpaired) electrons. The molecule has 0 aromatic carbocycles. The molecule has 0 spiro atoms. The molecule has 1 aromatic heterocycles. The van der Waals surface area contributed by atoms with Crippen molar-refractivity contribution in [2.45, 2.75) is 0 Å². The number of anilines is 1. The summed E-state index contributed by atoms with van der Waals surface area (Å²) in [5.41, 5.74) is 5.42. The highest BCUT2D eigenvalue weighted by molar-refractivity contribution is 9.11. The molecular weight excluding hydrogens is 270 g/mol. The minimum Gasteiger partial charge on any atom is -0.366 e. The van der Waals surface area contributed by atoms with Gasteiger partial charge in [-0.25, -0.2) is 4.79 Å². The van der Waals surface area contributed by atoms with E-state index in [1.165, 1.54) is 18.4 Å². The topological polar surface area (TPSA) is 84.2 Å². The lowest BCUT2D eigenvalue weighted by Gasteiger charge is -2.02. The number of rotatable bonds is 2. The highest BCUT2D eigenvalue weighted by Crippen LogP contribution is 2.31. The van der Waals surface area contributed by atoms with E-state index < -0.39 is 5.91 Å². The first-order chi connectivity index (χ1) is 6.54. The maximum absolute atomic E-state index is 11.0. The first-order valence-electron chi connectivity index (χ1n) is 3.62. The van der Waals surface area contributed by atoms with E-state index in [1.807, 2.05) is 0 Å². The molecule has 3 amide bonds. The summed E-state index contributed by atoms with van der Waals surface area (Å²) < 4.78 is 0.734. The number of carbonyl (C=O) groups excluding carboxylic acids is 2. The Morgan fingerprint density at radius 3 is 2.71 bits per heavy atom. The molecule has 76 valence electrons. The van der Waals surface area contributed by atoms with Gasteiger partial charge in [0.2, 0.25) is 0 Å². The molecule has 0 saturated heterocycles. The van der Waals surface area contributed by atoms with Gasteiger partial charge in [-0.15, -0.1) is 11.3 Å². The molecule has 0 bridgehead atoms. The van der Waals surface area contributed by atoms with Gasteiger partial charge in [0.1, 0.15) is 5.00 Å². The second-order valence-electron chi connectivity index (χ2n) is 2.36. The SMILES string of the molecule is CNC(=O)Nc1sc(Br)cc1C(N)=O. The number of amides is 3. The largest absolute Gasteiger partial charge is 0.366 e. The Labute approximate surface area is 92.8 Å². The molecule has 0 aliphatic heterocycles. The van der Waals surface area contributed by atoms with Crippen LogP contribution in [-0.4, -0.2) is 19.0 Å². The summed E-state index contributed by atoms with van der Waals surface area (Å²) in [6, 6.07) is 1.18. The fourth-order valence-corrected chi connectivity index (χ4v) is 2.30. The van der Waals surface area contributed by atoms with Crippen molar-refractivity contribution in [2.75, 3.05) is 12.4 Å². The van der Waals surface area contributed by atoms with Crippen molar-refractivity contribution >= 4 is 44.2 Å². The molecule has 0 aliphatic carbocycles. The summed E-state index contributed by atoms with van der Waals surface area (Å²) in [5, 5.41) is 5.31. The number of primary amides is 1. The first kappa shape index (κ1) is 11.0. The summed E-state index contributed by atoms with van der Waals surface area (Å²) in [7, 11) is 1.49. The highest BCUT2D eigenvalue weighted by atomic mass is 79.9. The number of nitrogens with one attached hydrogen (secondary N) is 2. The fraction of sp³-hybridized carbons (Fsp3) is 0.143. The monoisotopic (exact) mass is 277 g/mol. The van der Waals surface area contributed by atoms with Crippen LogP contribution in [0.2, 0.25) is 0 Å². The highest BCUT2D eigenvalue weighted by Gasteiger charge is 2.14. The number of hydrogen-bond donors (Lipinski definition) is 3. The molecule has 5 nitrogen and oxygen atoms in total. The van der Waals surface area contributed by atoms with Crippen LogP contribution in [0.15, 0.2) is 9.85 Å². The zero-order valence-corrected chi connectivity index (χ0v) is 9.66. The molecule has 1 rings (SSSR count). The molecule has 0 fully saturated rings. The van der Waals surface area contributed by atoms with Gasteiger partial charge in [0.25, 0.3) is 5.91 Å². The summed E-state index contributed by atoms with van der Waals surface area (Å²) >= 11 is 4.43. The lowest BCUT2D eigenvalue weighted by Crippen LogP contribution is -2.25. The zero-order chi connectivity index (χ0) is 10.7. The van der Waals surface area contributed by atoms with Gasteiger partial charge < -0.3 is 11.1 Å². The number of carbonyl (C=O) groups is 2. The number of hydrogen-bond acceptors (Lipinski definition) is 3. The number of nitrogens with two attached hydrogens (primary N) is 1. The van der Waals surface area contributed by atoms with Crippen molar-refractivity contribution in [3.8, 4) is 0 Å². The van der Waals surface area contributed by atoms with E-state index in [0.29, 0.717) is 10.6 Å². The van der Waals surface area contributed by atoms with Crippen molar-refractivity contribution < 1.29 is 9.59 Å². The Bertz CT molecular complexity index is 377. The molecular formula is C7H8BrN3O2S. The van der Waals surface area contributed by atoms with E-state index in [4.69, 9.17) is 5.73 Å². The quantitative estimate of drug-likeness (QED) is 0.763. The smallest absolute Gasteiger partial charge is 0.319 e. The Balaban J connectivity index is 2.95. The second-order valence-corrected chi connectivity index (χ2v) is 4.79. The third-order valence-corrected chi connectivity index (χ3v) is 2.98. The second kappa shape index (κ2) is 4.43. The molecule has 0 atom stereocenters. The normalized spacial score (nSPS) is 9.57. The van der Waals surface area contributed by atoms with Crippen molar-refractivity contribution in [2.24, 2.45) is 5.73 Å². The van der Waals surface area contributed by atoms with E-state index in [2.05, 4.69) is 26.6 Å². The molecule has 14 heavy (non-hydrogen) atoms. The minimum atomic E-state index is -0.571. The minimum absolute atomic E-state index is 0.297. The van der Waals surface area contributed by atoms with Gasteiger partial charge in [0, 0.05) is 7.05 Å². The average molecular weight is 278 g/mol. The summed E-state index contributed by atoms with van der Waals surface area (Å²) in [4.78, 5) is 21.9. The maximum atomic E-state index is 11.0. The summed E-state index contributed by atoms with van der Waals surface area (Å²) in [5.74, 6) is -0.571. The van der Waals surface area contributed by atoms with E-state index >= 15 is 0 Å². The summed E-state index contributed by atoms with van der Waals surface area (Å²) in [6.07, 6.45) is 0. The number of halogens is 1. The van der Waals surface area contributed by atoms with Gasteiger partial charge >= 0.3 is 6.03 Å². The molecule has 1 heterocycles. The van der Waals surface area contributed by atoms with Crippen LogP contribution in [0.3, 0.4) is 0 Å². The van der Waals surface area contributed by atoms with Crippen LogP contribution in [0, 0.1) is 0 Å². The third kappa shape index (κ3) is 2.46. The van der Waals surface area contributed by atoms with E-state index in [1.54, 1.807) is 6.07 Å². The third-order valence-electron chi connectivity index (χ3n) is 1.42. The van der Waals surface area contributed by atoms with Crippen LogP contribution in [0.4, 0.5) is 9.80 Å². The van der Waals surface area contributed by atoms with Gasteiger partial charge in [-0.3, -0.25) is 10.1 Å². The van der Waals surface area contributed by atoms with Gasteiger partial charge in [-0.1, -0.05) is 0 Å². The van der Waals surface area contributed by atoms with E-state index in [-0.39, 0.29) is 6.03 Å². The van der Waals surface area contributed by atoms with E-state index in [9.17, 15) is 9.59 Å². The lowest BCUT2D eigenvalue weighted by molar-refractivity contribution is 0.100. The first-order valence-corrected chi connectivity index (χ1v) is 5.23. The molecule has 0 saturated carbocycles. The molecule has 7 heteroatoms. The standard InChI is InChI=1S/C7H8BrN3O2S/c1-10-7(13)11-6-3(5(9)12)2-4(8)14-6/h2H,1H3,(H2,9,12)(H2,10,11,13). The van der Waals surface area contributed by atoms with Gasteiger partial charge in [0.15, 0.2) is 0 Å². The predicted molar refractivity (Wildman–Crippen MR) is 58.6 cm³/mol. The Kier molecular flexibility index (Phi) is 3.48. The van der Waals surface area contributed by atoms with Crippen molar-refractivity contribution in [3.63, 3.8) is 0 Å². The lowest BCUT2D eigenvalue weighted by atomic mass is 10.3. The summed E-state index contributed by atoms with van der Waals surface area (Å²) in [6.45, 7) is 0. The fourth-order valence-electron chi connectivity index (χ4n) is 0.802. The molecule has 0 unspecified atom stereocenters. The van der Waals surface area contributed by atoms with Crippen LogP contribution in [0.1, 0.15) is 10.4 Å². The molecule has 1 aromatic rings. The van der Waals surface area contributed by atoms with Crippen LogP contribution in [0.5, 0.6) is 0 Å². The van der Waals surface area contributed by atoms with Crippen molar-refractivity contribution in [1.29, 1.82) is 0 Å². The molecule has 0 aliphatic rings. The predicted octanol–water partition coefficient (Wildman–Crippen LogP) is 1.36. The average Bonchev–Trinajstić information content (AvgIpc) is 2.46. The zero-order valence-electron chi connectivity index (χ0n) is 7.26. The van der Waals surface area contributed by atoms with E-state index in [0.717, 1.165) is 3.79 Å². The maximum Gasteiger partial charge on any atom is 0.319 e. The van der Waals surface area contributed by atoms with Crippen LogP contribution in [-0.2, 0) is 0 Å². The van der Waals surface area contributed by atoms with Gasteiger partial charge in [-0.05, 0) is 22.0 Å². The number of thiophene rings is 1. The van der Waals surface area contributed by atoms with Crippen LogP contribution < -0.4 is 16.4 Å². The van der Waals surface area contributed by atoms with Gasteiger partial charge in [0.05, 0.1) is 9.35 Å². The Morgan fingerprint density at radius 2 is 2.21 bits per heavy atom. The van der Waals surface area contributed by atoms with Crippen LogP contribution in [0.25, 0.3) is 0 Å². The van der Waals surface area contributed by atoms with Crippen LogP contribution >= 0.6 is 27.3 Å². The van der Waals surface area contributed by atoms with Crippen molar-refractivity contribution in [1.82, 2.24) is 5.32 Å². The van der Waals surface area contributed by atoms with Crippen molar-refractivity contribution in [3.05, 3.63) is 15.4 Å². The Morgan fingerprint density at radius 1 is 1.57 bits per heavy atom.